The molecule has 0 radical (unpaired) electrons. The molecule has 0 amide bonds. The highest BCUT2D eigenvalue weighted by Crippen LogP contribution is 2.30. The van der Waals surface area contributed by atoms with E-state index in [4.69, 9.17) is 9.47 Å². The highest BCUT2D eigenvalue weighted by Gasteiger charge is 2.38. The molecule has 0 aromatic rings. The fraction of sp³-hybridized carbons (Fsp3) is 1.00. The average Bonchev–Trinajstić information content (AvgIpc) is 2.76. The van der Waals surface area contributed by atoms with Crippen LogP contribution in [0.2, 0.25) is 0 Å². The van der Waals surface area contributed by atoms with Crippen LogP contribution in [-0.2, 0) is 9.47 Å². The minimum absolute atomic E-state index is 0.177. The Morgan fingerprint density at radius 1 is 1.20 bits per heavy atom. The van der Waals surface area contributed by atoms with Crippen molar-refractivity contribution in [2.45, 2.75) is 63.8 Å². The van der Waals surface area contributed by atoms with Crippen molar-refractivity contribution in [3.05, 3.63) is 0 Å². The first-order valence-electron chi connectivity index (χ1n) is 5.89. The molecule has 0 aromatic carbocycles. The van der Waals surface area contributed by atoms with Gasteiger partial charge in [-0.25, -0.2) is 0 Å². The van der Waals surface area contributed by atoms with Gasteiger partial charge >= 0.3 is 0 Å². The first-order chi connectivity index (χ1) is 6.86. The maximum absolute atomic E-state index is 5.91. The van der Waals surface area contributed by atoms with Gasteiger partial charge in [-0.1, -0.05) is 0 Å². The molecule has 3 heteroatoms. The monoisotopic (exact) mass is 213 g/mol. The fourth-order valence-corrected chi connectivity index (χ4v) is 2.75. The molecular weight excluding hydrogens is 190 g/mol. The lowest BCUT2D eigenvalue weighted by molar-refractivity contribution is -0.0266. The van der Waals surface area contributed by atoms with Crippen LogP contribution >= 0.6 is 0 Å². The summed E-state index contributed by atoms with van der Waals surface area (Å²) in [5, 5.41) is 3.65. The third-order valence-electron chi connectivity index (χ3n) is 3.07. The summed E-state index contributed by atoms with van der Waals surface area (Å²) in [5.41, 5.74) is 0.355. The van der Waals surface area contributed by atoms with Crippen molar-refractivity contribution in [3.8, 4) is 0 Å². The first-order valence-corrected chi connectivity index (χ1v) is 5.89. The molecule has 1 atom stereocenters. The van der Waals surface area contributed by atoms with Crippen molar-refractivity contribution >= 4 is 0 Å². The highest BCUT2D eigenvalue weighted by molar-refractivity contribution is 4.97. The second kappa shape index (κ2) is 3.72. The van der Waals surface area contributed by atoms with Crippen LogP contribution in [0.15, 0.2) is 0 Å². The van der Waals surface area contributed by atoms with Crippen LogP contribution in [0, 0.1) is 0 Å². The Hall–Kier alpha value is -0.120. The van der Waals surface area contributed by atoms with Gasteiger partial charge in [0.25, 0.3) is 0 Å². The van der Waals surface area contributed by atoms with E-state index in [0.29, 0.717) is 12.2 Å². The molecule has 2 saturated heterocycles. The number of epoxide rings is 1. The van der Waals surface area contributed by atoms with Gasteiger partial charge in [-0.3, -0.25) is 0 Å². The van der Waals surface area contributed by atoms with E-state index in [1.54, 1.807) is 0 Å². The van der Waals surface area contributed by atoms with Gasteiger partial charge in [-0.05, 0) is 40.5 Å². The zero-order valence-electron chi connectivity index (χ0n) is 10.3. The van der Waals surface area contributed by atoms with Gasteiger partial charge in [-0.2, -0.15) is 0 Å². The van der Waals surface area contributed by atoms with E-state index in [0.717, 1.165) is 26.1 Å². The number of rotatable bonds is 3. The SMILES string of the molecule is CC1(C)CC(OCC2CO2)CC(C)(C)N1. The van der Waals surface area contributed by atoms with Gasteiger partial charge in [0.2, 0.25) is 0 Å². The normalized spacial score (nSPS) is 34.0. The van der Waals surface area contributed by atoms with E-state index in [1.807, 2.05) is 0 Å². The Morgan fingerprint density at radius 2 is 1.73 bits per heavy atom. The number of piperidine rings is 1. The molecule has 88 valence electrons. The number of nitrogens with one attached hydrogen (secondary N) is 1. The summed E-state index contributed by atoms with van der Waals surface area (Å²) >= 11 is 0. The van der Waals surface area contributed by atoms with Crippen LogP contribution < -0.4 is 5.32 Å². The second-order valence-electron chi connectivity index (χ2n) is 6.21. The molecule has 0 saturated carbocycles. The zero-order chi connectivity index (χ0) is 11.1. The summed E-state index contributed by atoms with van der Waals surface area (Å²) in [6.45, 7) is 10.7. The summed E-state index contributed by atoms with van der Waals surface area (Å²) < 4.78 is 11.1. The molecule has 2 aliphatic heterocycles. The lowest BCUT2D eigenvalue weighted by Crippen LogP contribution is -2.59. The number of hydrogen-bond donors (Lipinski definition) is 1. The van der Waals surface area contributed by atoms with E-state index in [2.05, 4.69) is 33.0 Å². The summed E-state index contributed by atoms with van der Waals surface area (Å²) in [6.07, 6.45) is 2.93. The van der Waals surface area contributed by atoms with Crippen LogP contribution in [0.1, 0.15) is 40.5 Å². The predicted octanol–water partition coefficient (Wildman–Crippen LogP) is 1.71. The summed E-state index contributed by atoms with van der Waals surface area (Å²) in [7, 11) is 0. The molecule has 2 heterocycles. The van der Waals surface area contributed by atoms with E-state index >= 15 is 0 Å². The van der Waals surface area contributed by atoms with Crippen LogP contribution in [-0.4, -0.2) is 36.5 Å². The van der Waals surface area contributed by atoms with Gasteiger partial charge < -0.3 is 14.8 Å². The molecule has 1 unspecified atom stereocenters. The third-order valence-corrected chi connectivity index (χ3v) is 3.07. The maximum atomic E-state index is 5.91. The topological polar surface area (TPSA) is 33.8 Å². The minimum atomic E-state index is 0.177. The third kappa shape index (κ3) is 3.44. The molecule has 0 spiro atoms. The quantitative estimate of drug-likeness (QED) is 0.725. The predicted molar refractivity (Wildman–Crippen MR) is 60.0 cm³/mol. The molecule has 2 aliphatic rings. The molecule has 15 heavy (non-hydrogen) atoms. The Kier molecular flexibility index (Phi) is 2.82. The second-order valence-corrected chi connectivity index (χ2v) is 6.21. The van der Waals surface area contributed by atoms with Gasteiger partial charge in [0.15, 0.2) is 0 Å². The fourth-order valence-electron chi connectivity index (χ4n) is 2.75. The Bertz CT molecular complexity index is 218. The van der Waals surface area contributed by atoms with Crippen LogP contribution in [0.5, 0.6) is 0 Å². The van der Waals surface area contributed by atoms with E-state index in [-0.39, 0.29) is 11.1 Å². The van der Waals surface area contributed by atoms with Crippen molar-refractivity contribution in [3.63, 3.8) is 0 Å². The van der Waals surface area contributed by atoms with Gasteiger partial charge in [0.1, 0.15) is 6.10 Å². The summed E-state index contributed by atoms with van der Waals surface area (Å²) in [4.78, 5) is 0. The zero-order valence-corrected chi connectivity index (χ0v) is 10.3. The van der Waals surface area contributed by atoms with E-state index in [1.165, 1.54) is 0 Å². The molecule has 3 nitrogen and oxygen atoms in total. The van der Waals surface area contributed by atoms with Crippen molar-refractivity contribution in [2.75, 3.05) is 13.2 Å². The molecule has 1 N–H and O–H groups in total. The Labute approximate surface area is 92.5 Å². The van der Waals surface area contributed by atoms with Gasteiger partial charge in [0.05, 0.1) is 19.3 Å². The Morgan fingerprint density at radius 3 is 2.20 bits per heavy atom. The van der Waals surface area contributed by atoms with Crippen molar-refractivity contribution in [1.29, 1.82) is 0 Å². The van der Waals surface area contributed by atoms with Crippen molar-refractivity contribution in [1.82, 2.24) is 5.32 Å². The summed E-state index contributed by atoms with van der Waals surface area (Å²) in [5.74, 6) is 0. The van der Waals surface area contributed by atoms with Crippen molar-refractivity contribution in [2.24, 2.45) is 0 Å². The van der Waals surface area contributed by atoms with Crippen LogP contribution in [0.4, 0.5) is 0 Å². The van der Waals surface area contributed by atoms with Crippen molar-refractivity contribution < 1.29 is 9.47 Å². The standard InChI is InChI=1S/C12H23NO2/c1-11(2)5-9(6-12(3,4)13-11)14-7-10-8-15-10/h9-10,13H,5-8H2,1-4H3. The average molecular weight is 213 g/mol. The van der Waals surface area contributed by atoms with Gasteiger partial charge in [-0.15, -0.1) is 0 Å². The van der Waals surface area contributed by atoms with Crippen LogP contribution in [0.25, 0.3) is 0 Å². The molecular formula is C12H23NO2. The largest absolute Gasteiger partial charge is 0.375 e. The lowest BCUT2D eigenvalue weighted by Gasteiger charge is -2.46. The minimum Gasteiger partial charge on any atom is -0.375 e. The lowest BCUT2D eigenvalue weighted by atomic mass is 9.81. The van der Waals surface area contributed by atoms with E-state index < -0.39 is 0 Å². The molecule has 0 aliphatic carbocycles. The molecule has 2 rings (SSSR count). The smallest absolute Gasteiger partial charge is 0.104 e. The maximum Gasteiger partial charge on any atom is 0.104 e. The summed E-state index contributed by atoms with van der Waals surface area (Å²) in [6, 6.07) is 0. The Balaban J connectivity index is 1.87. The van der Waals surface area contributed by atoms with Gasteiger partial charge in [0, 0.05) is 11.1 Å². The number of hydrogen-bond acceptors (Lipinski definition) is 3. The van der Waals surface area contributed by atoms with Crippen LogP contribution in [0.3, 0.4) is 0 Å². The first kappa shape index (κ1) is 11.4. The molecule has 2 fully saturated rings. The highest BCUT2D eigenvalue weighted by atomic mass is 16.6. The molecule has 0 aromatic heterocycles. The van der Waals surface area contributed by atoms with E-state index in [9.17, 15) is 0 Å². The molecule has 0 bridgehead atoms. The number of ether oxygens (including phenoxy) is 2.